The first-order valence-corrected chi connectivity index (χ1v) is 13.2. The Hall–Kier alpha value is -2.53. The van der Waals surface area contributed by atoms with Gasteiger partial charge in [0, 0.05) is 34.9 Å². The van der Waals surface area contributed by atoms with Crippen molar-refractivity contribution >= 4 is 44.8 Å². The van der Waals surface area contributed by atoms with Crippen LogP contribution in [0.3, 0.4) is 0 Å². The fraction of sp³-hybridized carbons (Fsp3) is 0.478. The Morgan fingerprint density at radius 3 is 2.74 bits per heavy atom. The highest BCUT2D eigenvalue weighted by Gasteiger charge is 2.34. The van der Waals surface area contributed by atoms with Gasteiger partial charge >= 0.3 is 0 Å². The molecule has 3 aromatic rings. The number of H-pyrrole nitrogens is 1. The number of nitrogens with zero attached hydrogens (tertiary/aromatic N) is 4. The predicted molar refractivity (Wildman–Crippen MR) is 129 cm³/mol. The Morgan fingerprint density at radius 1 is 1.21 bits per heavy atom. The van der Waals surface area contributed by atoms with Gasteiger partial charge in [-0.3, -0.25) is 10.2 Å². The van der Waals surface area contributed by atoms with Crippen molar-refractivity contribution in [3.63, 3.8) is 0 Å². The summed E-state index contributed by atoms with van der Waals surface area (Å²) in [6, 6.07) is 3.83. The highest BCUT2D eigenvalue weighted by molar-refractivity contribution is 9.10. The number of carbonyl (C=O) groups is 1. The maximum atomic E-state index is 12.3. The Morgan fingerprint density at radius 2 is 1.97 bits per heavy atom. The Bertz CT molecular complexity index is 1310. The fourth-order valence-electron chi connectivity index (χ4n) is 4.61. The summed E-state index contributed by atoms with van der Waals surface area (Å²) in [4.78, 5) is 27.6. The Labute approximate surface area is 208 Å². The van der Waals surface area contributed by atoms with Gasteiger partial charge < -0.3 is 23.9 Å². The minimum atomic E-state index is 0.183. The summed E-state index contributed by atoms with van der Waals surface area (Å²) in [6.07, 6.45) is 6.95. The lowest BCUT2D eigenvalue weighted by Gasteiger charge is -2.32. The van der Waals surface area contributed by atoms with Gasteiger partial charge in [0.2, 0.25) is 12.7 Å². The molecule has 6 rings (SSSR count). The minimum absolute atomic E-state index is 0.183. The van der Waals surface area contributed by atoms with E-state index in [1.165, 1.54) is 11.8 Å². The van der Waals surface area contributed by atoms with Crippen molar-refractivity contribution in [2.24, 2.45) is 11.8 Å². The topological polar surface area (TPSA) is 109 Å². The number of amides is 1. The number of aromatic amines is 1. The van der Waals surface area contributed by atoms with Gasteiger partial charge in [-0.1, -0.05) is 11.8 Å². The van der Waals surface area contributed by atoms with Crippen LogP contribution in [0.25, 0.3) is 11.2 Å². The first-order valence-electron chi connectivity index (χ1n) is 11.6. The molecule has 1 saturated heterocycles. The number of piperidine rings is 1. The van der Waals surface area contributed by atoms with Crippen LogP contribution in [0, 0.1) is 17.2 Å². The van der Waals surface area contributed by atoms with Crippen LogP contribution < -0.4 is 15.0 Å². The number of aromatic nitrogens is 4. The van der Waals surface area contributed by atoms with Gasteiger partial charge in [-0.25, -0.2) is 9.97 Å². The van der Waals surface area contributed by atoms with Crippen LogP contribution in [0.15, 0.2) is 33.0 Å². The van der Waals surface area contributed by atoms with Crippen LogP contribution in [0.1, 0.15) is 32.1 Å². The summed E-state index contributed by atoms with van der Waals surface area (Å²) >= 11 is 5.07. The van der Waals surface area contributed by atoms with Crippen molar-refractivity contribution < 1.29 is 14.3 Å². The first-order chi connectivity index (χ1) is 16.5. The molecule has 0 atom stereocenters. The molecule has 9 nitrogen and oxygen atoms in total. The molecule has 2 N–H and O–H groups in total. The van der Waals surface area contributed by atoms with Crippen molar-refractivity contribution in [2.45, 2.75) is 48.7 Å². The van der Waals surface area contributed by atoms with E-state index in [0.29, 0.717) is 34.2 Å². The number of carbonyl (C=O) groups excluding carboxylic acids is 1. The number of likely N-dealkylation sites (tertiary alicyclic amines) is 1. The lowest BCUT2D eigenvalue weighted by Crippen LogP contribution is -2.39. The second kappa shape index (κ2) is 8.92. The third kappa shape index (κ3) is 4.31. The van der Waals surface area contributed by atoms with E-state index < -0.39 is 0 Å². The molecule has 11 heteroatoms. The van der Waals surface area contributed by atoms with E-state index in [2.05, 4.69) is 30.8 Å². The summed E-state index contributed by atoms with van der Waals surface area (Å²) in [5.74, 6) is 2.68. The molecular formula is C23H25BrN6O3S. The average molecular weight is 545 g/mol. The number of halogens is 1. The highest BCUT2D eigenvalue weighted by atomic mass is 79.9. The van der Waals surface area contributed by atoms with Crippen LogP contribution >= 0.6 is 27.7 Å². The van der Waals surface area contributed by atoms with Gasteiger partial charge in [0.25, 0.3) is 0 Å². The number of imidazole rings is 1. The van der Waals surface area contributed by atoms with Gasteiger partial charge in [0.1, 0.15) is 5.52 Å². The first kappa shape index (κ1) is 22.0. The van der Waals surface area contributed by atoms with Crippen molar-refractivity contribution in [1.82, 2.24) is 24.4 Å². The maximum absolute atomic E-state index is 12.3. The molecule has 0 unspecified atom stereocenters. The van der Waals surface area contributed by atoms with Crippen molar-refractivity contribution in [3.05, 3.63) is 28.4 Å². The molecule has 0 radical (unpaired) electrons. The number of nitrogens with one attached hydrogen (secondary N) is 2. The molecule has 1 amide bonds. The van der Waals surface area contributed by atoms with E-state index in [1.807, 2.05) is 16.7 Å². The number of ether oxygens (including phenoxy) is 2. The molecule has 1 aliphatic carbocycles. The molecule has 2 fully saturated rings. The van der Waals surface area contributed by atoms with Crippen molar-refractivity contribution in [1.29, 1.82) is 5.41 Å². The monoisotopic (exact) mass is 544 g/mol. The number of rotatable bonds is 6. The fourth-order valence-corrected chi connectivity index (χ4v) is 5.99. The van der Waals surface area contributed by atoms with Crippen LogP contribution in [0.5, 0.6) is 11.5 Å². The van der Waals surface area contributed by atoms with E-state index in [1.54, 1.807) is 6.33 Å². The molecule has 1 aromatic carbocycles. The zero-order chi connectivity index (χ0) is 23.2. The molecule has 34 heavy (non-hydrogen) atoms. The second-order valence-corrected chi connectivity index (χ2v) is 11.0. The summed E-state index contributed by atoms with van der Waals surface area (Å²) in [7, 11) is 0. The zero-order valence-corrected chi connectivity index (χ0v) is 21.0. The summed E-state index contributed by atoms with van der Waals surface area (Å²) in [6.45, 7) is 2.76. The van der Waals surface area contributed by atoms with Crippen LogP contribution in [-0.2, 0) is 11.3 Å². The van der Waals surface area contributed by atoms with Crippen LogP contribution in [-0.4, -0.2) is 50.2 Å². The SMILES string of the molecule is N=c1ncn(CCC2CCN(C(=O)C3CC3)CC2)c2nc(Sc3cc4c(cc3Br)OCO4)[nH]c12. The average Bonchev–Trinajstić information content (AvgIpc) is 3.45. The van der Waals surface area contributed by atoms with Crippen LogP contribution in [0.4, 0.5) is 0 Å². The van der Waals surface area contributed by atoms with Crippen molar-refractivity contribution in [3.8, 4) is 11.5 Å². The molecule has 2 aromatic heterocycles. The van der Waals surface area contributed by atoms with Crippen molar-refractivity contribution in [2.75, 3.05) is 19.9 Å². The van der Waals surface area contributed by atoms with E-state index >= 15 is 0 Å². The Kier molecular flexibility index (Phi) is 5.76. The molecule has 0 bridgehead atoms. The standard InChI is InChI=1S/C23H25BrN6O3S/c24-15-9-16-17(33-12-32-16)10-18(15)34-23-27-19-20(25)26-11-30(21(19)28-23)8-5-13-3-6-29(7-4-13)22(31)14-1-2-14/h9-11,13-14,25H,1-8,12H2,(H,27,28). The normalized spacial score (nSPS) is 18.1. The minimum Gasteiger partial charge on any atom is -0.454 e. The molecule has 2 aliphatic heterocycles. The zero-order valence-electron chi connectivity index (χ0n) is 18.6. The van der Waals surface area contributed by atoms with Gasteiger partial charge in [0.05, 0.1) is 6.33 Å². The van der Waals surface area contributed by atoms with E-state index in [9.17, 15) is 4.79 Å². The Balaban J connectivity index is 1.15. The molecule has 1 saturated carbocycles. The number of fused-ring (bicyclic) bond motifs is 2. The predicted octanol–water partition coefficient (Wildman–Crippen LogP) is 3.92. The quantitative estimate of drug-likeness (QED) is 0.486. The van der Waals surface area contributed by atoms with E-state index in [0.717, 1.165) is 72.5 Å². The third-order valence-electron chi connectivity index (χ3n) is 6.76. The summed E-state index contributed by atoms with van der Waals surface area (Å²) in [5, 5.41) is 8.93. The second-order valence-electron chi connectivity index (χ2n) is 9.10. The third-order valence-corrected chi connectivity index (χ3v) is 8.63. The smallest absolute Gasteiger partial charge is 0.231 e. The van der Waals surface area contributed by atoms with Crippen LogP contribution in [0.2, 0.25) is 0 Å². The summed E-state index contributed by atoms with van der Waals surface area (Å²) < 4.78 is 13.9. The molecule has 0 spiro atoms. The lowest BCUT2D eigenvalue weighted by molar-refractivity contribution is -0.134. The molecule has 178 valence electrons. The largest absolute Gasteiger partial charge is 0.454 e. The number of aryl methyl sites for hydroxylation is 1. The maximum Gasteiger partial charge on any atom is 0.231 e. The van der Waals surface area contributed by atoms with Gasteiger partial charge in [-0.05, 0) is 66.1 Å². The van der Waals surface area contributed by atoms with Gasteiger partial charge in [0.15, 0.2) is 27.8 Å². The molecule has 3 aliphatic rings. The highest BCUT2D eigenvalue weighted by Crippen LogP contribution is 2.42. The van der Waals surface area contributed by atoms with E-state index in [-0.39, 0.29) is 12.3 Å². The number of benzene rings is 1. The summed E-state index contributed by atoms with van der Waals surface area (Å²) in [5.41, 5.74) is 1.55. The molecule has 4 heterocycles. The molecular weight excluding hydrogens is 520 g/mol. The van der Waals surface area contributed by atoms with Gasteiger partial charge in [-0.15, -0.1) is 0 Å². The number of hydrogen-bond donors (Lipinski definition) is 2. The van der Waals surface area contributed by atoms with Gasteiger partial charge in [-0.2, -0.15) is 0 Å². The lowest BCUT2D eigenvalue weighted by atomic mass is 9.93. The number of hydrogen-bond acceptors (Lipinski definition) is 7. The van der Waals surface area contributed by atoms with E-state index in [4.69, 9.17) is 19.9 Å².